The molecule has 4 heteroatoms. The Kier molecular flexibility index (Phi) is 3.36. The molecule has 0 aliphatic carbocycles. The van der Waals surface area contributed by atoms with E-state index in [0.717, 1.165) is 26.7 Å². The van der Waals surface area contributed by atoms with E-state index in [4.69, 9.17) is 5.73 Å². The number of nitrogens with zero attached hydrogens (tertiary/aromatic N) is 1. The van der Waals surface area contributed by atoms with Crippen molar-refractivity contribution in [3.8, 4) is 0 Å². The third-order valence-corrected chi connectivity index (χ3v) is 5.30. The Labute approximate surface area is 143 Å². The van der Waals surface area contributed by atoms with Gasteiger partial charge in [0, 0.05) is 16.3 Å². The molecule has 0 amide bonds. The zero-order valence-corrected chi connectivity index (χ0v) is 14.3. The van der Waals surface area contributed by atoms with E-state index < -0.39 is 0 Å². The number of anilines is 1. The van der Waals surface area contributed by atoms with Gasteiger partial charge in [-0.25, -0.2) is 4.98 Å². The van der Waals surface area contributed by atoms with Gasteiger partial charge in [-0.3, -0.25) is 4.79 Å². The van der Waals surface area contributed by atoms with Gasteiger partial charge in [0.1, 0.15) is 9.71 Å². The molecule has 0 bridgehead atoms. The van der Waals surface area contributed by atoms with Crippen LogP contribution in [0.2, 0.25) is 0 Å². The van der Waals surface area contributed by atoms with Crippen LogP contribution in [-0.2, 0) is 0 Å². The number of ketones is 1. The van der Waals surface area contributed by atoms with E-state index in [9.17, 15) is 4.79 Å². The van der Waals surface area contributed by atoms with Crippen LogP contribution in [0.1, 0.15) is 26.4 Å². The van der Waals surface area contributed by atoms with Crippen molar-refractivity contribution in [2.75, 3.05) is 5.73 Å². The third kappa shape index (κ3) is 2.36. The lowest BCUT2D eigenvalue weighted by atomic mass is 10.1. The molecule has 0 radical (unpaired) electrons. The summed E-state index contributed by atoms with van der Waals surface area (Å²) in [6.07, 6.45) is 0. The highest BCUT2D eigenvalue weighted by atomic mass is 32.1. The summed E-state index contributed by atoms with van der Waals surface area (Å²) in [7, 11) is 0. The van der Waals surface area contributed by atoms with Crippen LogP contribution in [-0.4, -0.2) is 10.8 Å². The molecule has 0 fully saturated rings. The molecule has 2 heterocycles. The average Bonchev–Trinajstić information content (AvgIpc) is 2.89. The Morgan fingerprint density at radius 2 is 1.71 bits per heavy atom. The van der Waals surface area contributed by atoms with Gasteiger partial charge >= 0.3 is 0 Å². The topological polar surface area (TPSA) is 56.0 Å². The lowest BCUT2D eigenvalue weighted by Crippen LogP contribution is -2.01. The van der Waals surface area contributed by atoms with Gasteiger partial charge in [-0.2, -0.15) is 0 Å². The van der Waals surface area contributed by atoms with Crippen LogP contribution >= 0.6 is 11.3 Å². The number of nitrogen functional groups attached to an aromatic ring is 1. The maximum absolute atomic E-state index is 12.8. The molecule has 0 saturated heterocycles. The smallest absolute Gasteiger partial charge is 0.205 e. The zero-order valence-electron chi connectivity index (χ0n) is 13.5. The molecular formula is C20H16N2OS. The number of carbonyl (C=O) groups excluding carboxylic acids is 1. The number of thiophene rings is 1. The maximum Gasteiger partial charge on any atom is 0.205 e. The van der Waals surface area contributed by atoms with Gasteiger partial charge in [0.2, 0.25) is 5.78 Å². The Morgan fingerprint density at radius 3 is 2.46 bits per heavy atom. The number of aryl methyl sites for hydroxylation is 2. The van der Waals surface area contributed by atoms with Gasteiger partial charge in [0.15, 0.2) is 0 Å². The molecule has 4 rings (SSSR count). The van der Waals surface area contributed by atoms with E-state index in [1.165, 1.54) is 16.9 Å². The second kappa shape index (κ2) is 5.42. The third-order valence-electron chi connectivity index (χ3n) is 4.19. The lowest BCUT2D eigenvalue weighted by Gasteiger charge is -2.01. The van der Waals surface area contributed by atoms with Crippen LogP contribution in [0.4, 0.5) is 5.69 Å². The van der Waals surface area contributed by atoms with Crippen molar-refractivity contribution in [3.05, 3.63) is 70.1 Å². The van der Waals surface area contributed by atoms with Gasteiger partial charge in [0.05, 0.1) is 11.2 Å². The van der Waals surface area contributed by atoms with E-state index in [-0.39, 0.29) is 5.78 Å². The van der Waals surface area contributed by atoms with E-state index in [2.05, 4.69) is 11.1 Å². The number of aromatic nitrogens is 1. The van der Waals surface area contributed by atoms with Gasteiger partial charge in [-0.1, -0.05) is 41.5 Å². The highest BCUT2D eigenvalue weighted by molar-refractivity contribution is 7.21. The number of hydrogen-bond donors (Lipinski definition) is 1. The van der Waals surface area contributed by atoms with Crippen molar-refractivity contribution in [1.82, 2.24) is 4.98 Å². The maximum atomic E-state index is 12.8. The SMILES string of the molecule is Cc1ccc(C(=O)c2sc3nc4ccc(C)cc4cc3c2N)cc1. The largest absolute Gasteiger partial charge is 0.397 e. The summed E-state index contributed by atoms with van der Waals surface area (Å²) in [5.41, 5.74) is 10.7. The summed E-state index contributed by atoms with van der Waals surface area (Å²) < 4.78 is 0. The summed E-state index contributed by atoms with van der Waals surface area (Å²) >= 11 is 1.36. The van der Waals surface area contributed by atoms with E-state index in [1.54, 1.807) is 0 Å². The Hall–Kier alpha value is -2.72. The number of hydrogen-bond acceptors (Lipinski definition) is 4. The molecule has 0 aliphatic heterocycles. The Morgan fingerprint density at radius 1 is 1.00 bits per heavy atom. The summed E-state index contributed by atoms with van der Waals surface area (Å²) in [5, 5.41) is 1.90. The first kappa shape index (κ1) is 14.8. The standard InChI is InChI=1S/C20H16N2OS/c1-11-3-6-13(7-4-11)18(23)19-17(21)15-10-14-9-12(2)5-8-16(14)22-20(15)24-19/h3-10H,21H2,1-2H3. The quantitative estimate of drug-likeness (QED) is 0.532. The van der Waals surface area contributed by atoms with Crippen LogP contribution in [0.25, 0.3) is 21.1 Å². The predicted molar refractivity (Wildman–Crippen MR) is 101 cm³/mol. The van der Waals surface area contributed by atoms with Crippen LogP contribution in [0.5, 0.6) is 0 Å². The Balaban J connectivity index is 1.89. The molecule has 2 aromatic carbocycles. The van der Waals surface area contributed by atoms with Crippen molar-refractivity contribution in [2.45, 2.75) is 13.8 Å². The van der Waals surface area contributed by atoms with Crippen molar-refractivity contribution < 1.29 is 4.79 Å². The molecule has 0 saturated carbocycles. The van der Waals surface area contributed by atoms with E-state index >= 15 is 0 Å². The fourth-order valence-corrected chi connectivity index (χ4v) is 3.87. The molecule has 2 N–H and O–H groups in total. The molecular weight excluding hydrogens is 316 g/mol. The molecule has 0 unspecified atom stereocenters. The molecule has 0 atom stereocenters. The molecule has 2 aromatic heterocycles. The normalized spacial score (nSPS) is 11.2. The van der Waals surface area contributed by atoms with Crippen molar-refractivity contribution >= 4 is 43.9 Å². The average molecular weight is 332 g/mol. The first-order valence-corrected chi connectivity index (χ1v) is 8.55. The van der Waals surface area contributed by atoms with Gasteiger partial charge in [-0.15, -0.1) is 11.3 Å². The summed E-state index contributed by atoms with van der Waals surface area (Å²) in [4.78, 5) is 18.8. The highest BCUT2D eigenvalue weighted by Crippen LogP contribution is 2.36. The Bertz CT molecular complexity index is 1090. The first-order chi connectivity index (χ1) is 11.5. The lowest BCUT2D eigenvalue weighted by molar-refractivity contribution is 0.104. The number of pyridine rings is 1. The monoisotopic (exact) mass is 332 g/mol. The second-order valence-corrected chi connectivity index (χ2v) is 7.08. The summed E-state index contributed by atoms with van der Waals surface area (Å²) in [5.74, 6) is -0.0456. The predicted octanol–water partition coefficient (Wildman–Crippen LogP) is 4.88. The van der Waals surface area contributed by atoms with E-state index in [1.807, 2.05) is 56.3 Å². The van der Waals surface area contributed by atoms with Crippen LogP contribution in [0.3, 0.4) is 0 Å². The van der Waals surface area contributed by atoms with Crippen LogP contribution < -0.4 is 5.73 Å². The van der Waals surface area contributed by atoms with Gasteiger partial charge in [0.25, 0.3) is 0 Å². The number of rotatable bonds is 2. The minimum atomic E-state index is -0.0456. The molecule has 118 valence electrons. The summed E-state index contributed by atoms with van der Waals surface area (Å²) in [6.45, 7) is 4.05. The van der Waals surface area contributed by atoms with Crippen LogP contribution in [0.15, 0.2) is 48.5 Å². The molecule has 0 aliphatic rings. The zero-order chi connectivity index (χ0) is 16.8. The molecule has 0 spiro atoms. The minimum Gasteiger partial charge on any atom is -0.397 e. The summed E-state index contributed by atoms with van der Waals surface area (Å²) in [6, 6.07) is 15.7. The fraction of sp³-hybridized carbons (Fsp3) is 0.100. The van der Waals surface area contributed by atoms with Crippen LogP contribution in [0, 0.1) is 13.8 Å². The van der Waals surface area contributed by atoms with Crippen molar-refractivity contribution in [2.24, 2.45) is 0 Å². The van der Waals surface area contributed by atoms with Crippen molar-refractivity contribution in [1.29, 1.82) is 0 Å². The van der Waals surface area contributed by atoms with Crippen molar-refractivity contribution in [3.63, 3.8) is 0 Å². The van der Waals surface area contributed by atoms with Gasteiger partial charge in [-0.05, 0) is 32.0 Å². The number of nitrogens with two attached hydrogens (primary N) is 1. The fourth-order valence-electron chi connectivity index (χ4n) is 2.83. The minimum absolute atomic E-state index is 0.0456. The molecule has 4 aromatic rings. The molecule has 24 heavy (non-hydrogen) atoms. The number of carbonyl (C=O) groups is 1. The van der Waals surface area contributed by atoms with E-state index in [0.29, 0.717) is 16.1 Å². The highest BCUT2D eigenvalue weighted by Gasteiger charge is 2.19. The molecule has 3 nitrogen and oxygen atoms in total. The number of benzene rings is 2. The number of fused-ring (bicyclic) bond motifs is 2. The van der Waals surface area contributed by atoms with Gasteiger partial charge < -0.3 is 5.73 Å². The first-order valence-electron chi connectivity index (χ1n) is 7.74. The second-order valence-electron chi connectivity index (χ2n) is 6.08.